The van der Waals surface area contributed by atoms with Crippen LogP contribution in [0.15, 0.2) is 42.7 Å². The van der Waals surface area contributed by atoms with E-state index in [0.717, 1.165) is 17.0 Å². The maximum atomic E-state index is 13.6. The molecular weight excluding hydrogens is 297 g/mol. The number of aromatic amines is 1. The van der Waals surface area contributed by atoms with Crippen LogP contribution in [0.3, 0.4) is 0 Å². The standard InChI is InChI=1S/C17H16FN3O2/c1-11-9-20-17(22-2)16(21-11)15-12(7-8-19-15)10-23-14-6-4-3-5-13(14)18/h3-9,19H,10H2,1-2H3. The summed E-state index contributed by atoms with van der Waals surface area (Å²) in [7, 11) is 1.54. The Balaban J connectivity index is 1.88. The molecule has 0 amide bonds. The lowest BCUT2D eigenvalue weighted by Gasteiger charge is -2.10. The number of aryl methyl sites for hydroxylation is 1. The van der Waals surface area contributed by atoms with Crippen LogP contribution in [0.2, 0.25) is 0 Å². The minimum absolute atomic E-state index is 0.207. The van der Waals surface area contributed by atoms with Crippen LogP contribution < -0.4 is 9.47 Å². The molecule has 1 N–H and O–H groups in total. The SMILES string of the molecule is COc1ncc(C)nc1-c1[nH]ccc1COc1ccccc1F. The predicted molar refractivity (Wildman–Crippen MR) is 83.8 cm³/mol. The quantitative estimate of drug-likeness (QED) is 0.783. The topological polar surface area (TPSA) is 60.0 Å². The number of para-hydroxylation sites is 1. The highest BCUT2D eigenvalue weighted by molar-refractivity contribution is 5.64. The Bertz CT molecular complexity index is 817. The lowest BCUT2D eigenvalue weighted by Crippen LogP contribution is -2.01. The maximum Gasteiger partial charge on any atom is 0.241 e. The largest absolute Gasteiger partial charge is 0.486 e. The van der Waals surface area contributed by atoms with E-state index < -0.39 is 5.82 Å². The molecule has 0 bridgehead atoms. The number of benzene rings is 1. The summed E-state index contributed by atoms with van der Waals surface area (Å²) in [6.07, 6.45) is 3.42. The number of nitrogens with one attached hydrogen (secondary N) is 1. The van der Waals surface area contributed by atoms with E-state index in [9.17, 15) is 4.39 Å². The summed E-state index contributed by atoms with van der Waals surface area (Å²) >= 11 is 0. The molecule has 3 rings (SSSR count). The highest BCUT2D eigenvalue weighted by atomic mass is 19.1. The average Bonchev–Trinajstić information content (AvgIpc) is 3.02. The molecule has 0 unspecified atom stereocenters. The Kier molecular flexibility index (Phi) is 4.23. The molecule has 0 saturated heterocycles. The fraction of sp³-hybridized carbons (Fsp3) is 0.176. The average molecular weight is 313 g/mol. The number of rotatable bonds is 5. The van der Waals surface area contributed by atoms with Crippen molar-refractivity contribution in [2.75, 3.05) is 7.11 Å². The number of aromatic nitrogens is 3. The molecule has 0 spiro atoms. The van der Waals surface area contributed by atoms with Gasteiger partial charge in [0.1, 0.15) is 12.3 Å². The normalized spacial score (nSPS) is 10.6. The van der Waals surface area contributed by atoms with E-state index in [2.05, 4.69) is 15.0 Å². The van der Waals surface area contributed by atoms with Crippen molar-refractivity contribution in [1.82, 2.24) is 15.0 Å². The minimum atomic E-state index is -0.391. The molecule has 0 radical (unpaired) electrons. The lowest BCUT2D eigenvalue weighted by atomic mass is 10.2. The van der Waals surface area contributed by atoms with Gasteiger partial charge >= 0.3 is 0 Å². The van der Waals surface area contributed by atoms with Gasteiger partial charge in [0.15, 0.2) is 11.6 Å². The van der Waals surface area contributed by atoms with Crippen LogP contribution in [-0.4, -0.2) is 22.1 Å². The molecule has 5 nitrogen and oxygen atoms in total. The van der Waals surface area contributed by atoms with Crippen LogP contribution in [0.25, 0.3) is 11.4 Å². The van der Waals surface area contributed by atoms with Crippen molar-refractivity contribution in [3.8, 4) is 23.0 Å². The summed E-state index contributed by atoms with van der Waals surface area (Å²) < 4.78 is 24.5. The Morgan fingerprint density at radius 1 is 1.22 bits per heavy atom. The zero-order valence-electron chi connectivity index (χ0n) is 12.8. The summed E-state index contributed by atoms with van der Waals surface area (Å²) in [5.74, 6) is 0.240. The molecule has 2 heterocycles. The summed E-state index contributed by atoms with van der Waals surface area (Å²) in [5.41, 5.74) is 2.96. The molecule has 23 heavy (non-hydrogen) atoms. The number of methoxy groups -OCH3 is 1. The predicted octanol–water partition coefficient (Wildman–Crippen LogP) is 3.51. The zero-order chi connectivity index (χ0) is 16.2. The van der Waals surface area contributed by atoms with Gasteiger partial charge in [-0.3, -0.25) is 0 Å². The molecule has 0 atom stereocenters. The van der Waals surface area contributed by atoms with Gasteiger partial charge in [-0.1, -0.05) is 12.1 Å². The first-order chi connectivity index (χ1) is 11.2. The molecule has 0 saturated carbocycles. The Hall–Kier alpha value is -2.89. The Morgan fingerprint density at radius 3 is 2.83 bits per heavy atom. The van der Waals surface area contributed by atoms with E-state index in [0.29, 0.717) is 11.6 Å². The van der Waals surface area contributed by atoms with Crippen molar-refractivity contribution < 1.29 is 13.9 Å². The van der Waals surface area contributed by atoms with Crippen molar-refractivity contribution in [1.29, 1.82) is 0 Å². The monoisotopic (exact) mass is 313 g/mol. The molecule has 0 aliphatic heterocycles. The minimum Gasteiger partial charge on any atom is -0.486 e. The van der Waals surface area contributed by atoms with E-state index >= 15 is 0 Å². The number of ether oxygens (including phenoxy) is 2. The summed E-state index contributed by atoms with van der Waals surface area (Å²) in [6, 6.07) is 8.17. The van der Waals surface area contributed by atoms with Crippen LogP contribution in [0.1, 0.15) is 11.3 Å². The van der Waals surface area contributed by atoms with Gasteiger partial charge in [0, 0.05) is 11.8 Å². The summed E-state index contributed by atoms with van der Waals surface area (Å²) in [4.78, 5) is 11.8. The third kappa shape index (κ3) is 3.15. The summed E-state index contributed by atoms with van der Waals surface area (Å²) in [5, 5.41) is 0. The van der Waals surface area contributed by atoms with E-state index in [1.54, 1.807) is 37.7 Å². The van der Waals surface area contributed by atoms with E-state index in [1.165, 1.54) is 6.07 Å². The van der Waals surface area contributed by atoms with Gasteiger partial charge in [-0.2, -0.15) is 0 Å². The van der Waals surface area contributed by atoms with Crippen molar-refractivity contribution >= 4 is 0 Å². The van der Waals surface area contributed by atoms with Crippen LogP contribution >= 0.6 is 0 Å². The first-order valence-corrected chi connectivity index (χ1v) is 7.10. The first-order valence-electron chi connectivity index (χ1n) is 7.10. The molecule has 3 aromatic rings. The molecule has 1 aromatic carbocycles. The number of hydrogen-bond acceptors (Lipinski definition) is 4. The fourth-order valence-corrected chi connectivity index (χ4v) is 2.24. The second-order valence-electron chi connectivity index (χ2n) is 4.97. The number of nitrogens with zero attached hydrogens (tertiary/aromatic N) is 2. The highest BCUT2D eigenvalue weighted by Crippen LogP contribution is 2.28. The molecular formula is C17H16FN3O2. The third-order valence-electron chi connectivity index (χ3n) is 3.34. The second kappa shape index (κ2) is 6.48. The zero-order valence-corrected chi connectivity index (χ0v) is 12.8. The molecule has 118 valence electrons. The molecule has 0 aliphatic carbocycles. The molecule has 0 aliphatic rings. The van der Waals surface area contributed by atoms with Crippen molar-refractivity contribution in [2.45, 2.75) is 13.5 Å². The Labute approximate surface area is 133 Å². The Morgan fingerprint density at radius 2 is 2.04 bits per heavy atom. The maximum absolute atomic E-state index is 13.6. The molecule has 2 aromatic heterocycles. The summed E-state index contributed by atoms with van der Waals surface area (Å²) in [6.45, 7) is 2.06. The fourth-order valence-electron chi connectivity index (χ4n) is 2.24. The van der Waals surface area contributed by atoms with Crippen molar-refractivity contribution in [2.24, 2.45) is 0 Å². The van der Waals surface area contributed by atoms with Crippen molar-refractivity contribution in [3.05, 3.63) is 59.8 Å². The number of hydrogen-bond donors (Lipinski definition) is 1. The van der Waals surface area contributed by atoms with Gasteiger partial charge in [0.25, 0.3) is 0 Å². The van der Waals surface area contributed by atoms with Gasteiger partial charge in [0.05, 0.1) is 24.7 Å². The van der Waals surface area contributed by atoms with E-state index in [4.69, 9.17) is 9.47 Å². The first kappa shape index (κ1) is 15.0. The highest BCUT2D eigenvalue weighted by Gasteiger charge is 2.15. The molecule has 6 heteroatoms. The van der Waals surface area contributed by atoms with Gasteiger partial charge in [-0.25, -0.2) is 14.4 Å². The third-order valence-corrected chi connectivity index (χ3v) is 3.34. The van der Waals surface area contributed by atoms with E-state index in [1.807, 2.05) is 13.0 Å². The number of H-pyrrole nitrogens is 1. The van der Waals surface area contributed by atoms with Gasteiger partial charge < -0.3 is 14.5 Å². The van der Waals surface area contributed by atoms with Crippen molar-refractivity contribution in [3.63, 3.8) is 0 Å². The second-order valence-corrected chi connectivity index (χ2v) is 4.97. The van der Waals surface area contributed by atoms with Gasteiger partial charge in [-0.05, 0) is 25.1 Å². The molecule has 0 fully saturated rings. The van der Waals surface area contributed by atoms with E-state index in [-0.39, 0.29) is 12.4 Å². The smallest absolute Gasteiger partial charge is 0.241 e. The number of halogens is 1. The van der Waals surface area contributed by atoms with Crippen LogP contribution in [0.4, 0.5) is 4.39 Å². The lowest BCUT2D eigenvalue weighted by molar-refractivity contribution is 0.291. The van der Waals surface area contributed by atoms with Crippen LogP contribution in [0, 0.1) is 12.7 Å². The van der Waals surface area contributed by atoms with Crippen LogP contribution in [-0.2, 0) is 6.61 Å². The van der Waals surface area contributed by atoms with Crippen LogP contribution in [0.5, 0.6) is 11.6 Å². The van der Waals surface area contributed by atoms with Gasteiger partial charge in [-0.15, -0.1) is 0 Å². The van der Waals surface area contributed by atoms with Gasteiger partial charge in [0.2, 0.25) is 5.88 Å².